The Morgan fingerprint density at radius 1 is 1.26 bits per heavy atom. The highest BCUT2D eigenvalue weighted by atomic mass is 35.5. The van der Waals surface area contributed by atoms with Crippen molar-refractivity contribution < 1.29 is 32.6 Å². The van der Waals surface area contributed by atoms with Gasteiger partial charge in [-0.25, -0.2) is 4.79 Å². The molecule has 2 aromatic rings. The number of nitrogens with one attached hydrogen (secondary N) is 2. The summed E-state index contributed by atoms with van der Waals surface area (Å²) in [6.45, 7) is 3.66. The summed E-state index contributed by atoms with van der Waals surface area (Å²) in [5, 5.41) is 14.7. The molecular weight excluding hydrogens is 437 g/mol. The lowest BCUT2D eigenvalue weighted by Gasteiger charge is -2.45. The van der Waals surface area contributed by atoms with Gasteiger partial charge in [0.1, 0.15) is 18.3 Å². The van der Waals surface area contributed by atoms with Crippen LogP contribution < -0.4 is 15.4 Å². The molecule has 3 unspecified atom stereocenters. The fraction of sp³-hybridized carbons (Fsp3) is 0.238. The van der Waals surface area contributed by atoms with Crippen LogP contribution in [0.4, 0.5) is 18.0 Å². The molecule has 0 aliphatic carbocycles. The van der Waals surface area contributed by atoms with Gasteiger partial charge in [-0.1, -0.05) is 36.4 Å². The Bertz CT molecular complexity index is 997. The van der Waals surface area contributed by atoms with Crippen LogP contribution in [0.1, 0.15) is 22.0 Å². The fourth-order valence-corrected chi connectivity index (χ4v) is 3.49. The van der Waals surface area contributed by atoms with Crippen LogP contribution in [0.3, 0.4) is 0 Å². The standard InChI is InChI=1S/C21H18ClF3N2O4/c1-2-10-31-15-5-3-4-13(11-15)17-16(18(28)12-6-8-14(22)9-7-12)20(30,21(23,24)25)27-19(29)26-17/h2-9,11,16-17,30H,1,10H2,(H2,26,27,29). The molecule has 0 aromatic heterocycles. The molecule has 3 N–H and O–H groups in total. The van der Waals surface area contributed by atoms with Crippen molar-refractivity contribution in [3.63, 3.8) is 0 Å². The Morgan fingerprint density at radius 2 is 1.94 bits per heavy atom. The number of alkyl halides is 3. The van der Waals surface area contributed by atoms with Gasteiger partial charge in [0.05, 0.1) is 6.04 Å². The largest absolute Gasteiger partial charge is 0.490 e. The minimum atomic E-state index is -5.34. The third-order valence-corrected chi connectivity index (χ3v) is 5.05. The normalized spacial score (nSPS) is 23.5. The van der Waals surface area contributed by atoms with Gasteiger partial charge >= 0.3 is 12.2 Å². The lowest BCUT2D eigenvalue weighted by Crippen LogP contribution is -2.72. The van der Waals surface area contributed by atoms with Crippen LogP contribution in [-0.4, -0.2) is 35.4 Å². The van der Waals surface area contributed by atoms with Gasteiger partial charge in [-0.2, -0.15) is 13.2 Å². The molecule has 1 aliphatic rings. The fourth-order valence-electron chi connectivity index (χ4n) is 3.36. The first-order valence-corrected chi connectivity index (χ1v) is 9.46. The smallest absolute Gasteiger partial charge is 0.437 e. The van der Waals surface area contributed by atoms with E-state index < -0.39 is 35.7 Å². The molecule has 1 fully saturated rings. The molecule has 0 radical (unpaired) electrons. The number of amides is 2. The maximum Gasteiger partial charge on any atom is 0.437 e. The average Bonchev–Trinajstić information content (AvgIpc) is 2.71. The van der Waals surface area contributed by atoms with E-state index in [1.807, 2.05) is 0 Å². The number of aliphatic hydroxyl groups is 1. The highest BCUT2D eigenvalue weighted by Crippen LogP contribution is 2.44. The second-order valence-electron chi connectivity index (χ2n) is 6.86. The van der Waals surface area contributed by atoms with Crippen molar-refractivity contribution in [3.05, 3.63) is 77.3 Å². The Hall–Kier alpha value is -3.04. The highest BCUT2D eigenvalue weighted by molar-refractivity contribution is 6.30. The van der Waals surface area contributed by atoms with Crippen molar-refractivity contribution in [2.45, 2.75) is 17.9 Å². The van der Waals surface area contributed by atoms with Crippen molar-refractivity contribution in [1.29, 1.82) is 0 Å². The van der Waals surface area contributed by atoms with E-state index in [4.69, 9.17) is 16.3 Å². The first-order chi connectivity index (χ1) is 14.6. The van der Waals surface area contributed by atoms with Gasteiger partial charge in [0.15, 0.2) is 5.78 Å². The van der Waals surface area contributed by atoms with Gasteiger partial charge in [-0.15, -0.1) is 0 Å². The van der Waals surface area contributed by atoms with E-state index in [0.29, 0.717) is 5.75 Å². The summed E-state index contributed by atoms with van der Waals surface area (Å²) in [5.41, 5.74) is -3.78. The van der Waals surface area contributed by atoms with Crippen LogP contribution in [0.15, 0.2) is 61.2 Å². The van der Waals surface area contributed by atoms with Crippen LogP contribution in [-0.2, 0) is 0 Å². The monoisotopic (exact) mass is 454 g/mol. The molecule has 1 saturated heterocycles. The van der Waals surface area contributed by atoms with Crippen molar-refractivity contribution >= 4 is 23.4 Å². The quantitative estimate of drug-likeness (QED) is 0.454. The van der Waals surface area contributed by atoms with E-state index in [0.717, 1.165) is 0 Å². The summed E-state index contributed by atoms with van der Waals surface area (Å²) in [4.78, 5) is 25.2. The average molecular weight is 455 g/mol. The summed E-state index contributed by atoms with van der Waals surface area (Å²) in [7, 11) is 0. The van der Waals surface area contributed by atoms with E-state index in [-0.39, 0.29) is 22.8 Å². The molecule has 0 bridgehead atoms. The molecule has 1 heterocycles. The van der Waals surface area contributed by atoms with E-state index in [1.54, 1.807) is 6.07 Å². The molecule has 31 heavy (non-hydrogen) atoms. The number of rotatable bonds is 6. The zero-order chi connectivity index (χ0) is 22.8. The predicted molar refractivity (Wildman–Crippen MR) is 107 cm³/mol. The Balaban J connectivity index is 2.12. The minimum absolute atomic E-state index is 0.112. The Kier molecular flexibility index (Phi) is 6.28. The summed E-state index contributed by atoms with van der Waals surface area (Å²) in [5.74, 6) is -2.88. The van der Waals surface area contributed by atoms with Crippen molar-refractivity contribution in [2.24, 2.45) is 5.92 Å². The molecule has 164 valence electrons. The number of hydrogen-bond donors (Lipinski definition) is 3. The van der Waals surface area contributed by atoms with Gasteiger partial charge in [0.25, 0.3) is 0 Å². The lowest BCUT2D eigenvalue weighted by atomic mass is 9.77. The lowest BCUT2D eigenvalue weighted by molar-refractivity contribution is -0.287. The van der Waals surface area contributed by atoms with E-state index in [9.17, 15) is 27.9 Å². The van der Waals surface area contributed by atoms with Crippen molar-refractivity contribution in [3.8, 4) is 5.75 Å². The van der Waals surface area contributed by atoms with E-state index in [1.165, 1.54) is 53.9 Å². The first kappa shape index (κ1) is 22.6. The SMILES string of the molecule is C=CCOc1cccc(C2NC(=O)NC(O)(C(F)(F)F)C2C(=O)c2ccc(Cl)cc2)c1. The maximum atomic E-state index is 13.9. The number of ether oxygens (including phenoxy) is 1. The van der Waals surface area contributed by atoms with Gasteiger partial charge < -0.3 is 20.5 Å². The molecule has 0 saturated carbocycles. The molecule has 6 nitrogen and oxygen atoms in total. The summed E-state index contributed by atoms with van der Waals surface area (Å²) in [6, 6.07) is 8.27. The number of benzene rings is 2. The molecule has 3 atom stereocenters. The number of carbonyl (C=O) groups is 2. The van der Waals surface area contributed by atoms with Crippen LogP contribution in [0.2, 0.25) is 5.02 Å². The minimum Gasteiger partial charge on any atom is -0.490 e. The summed E-state index contributed by atoms with van der Waals surface area (Å²) in [6.07, 6.45) is -3.86. The van der Waals surface area contributed by atoms with Crippen LogP contribution >= 0.6 is 11.6 Å². The summed E-state index contributed by atoms with van der Waals surface area (Å²) < 4.78 is 47.2. The summed E-state index contributed by atoms with van der Waals surface area (Å²) >= 11 is 5.80. The predicted octanol–water partition coefficient (Wildman–Crippen LogP) is 4.01. The van der Waals surface area contributed by atoms with Crippen molar-refractivity contribution in [2.75, 3.05) is 6.61 Å². The molecule has 2 amide bonds. The number of halogens is 4. The number of urea groups is 1. The number of hydrogen-bond acceptors (Lipinski definition) is 4. The first-order valence-electron chi connectivity index (χ1n) is 9.08. The van der Waals surface area contributed by atoms with E-state index >= 15 is 0 Å². The second-order valence-corrected chi connectivity index (χ2v) is 7.30. The number of Topliss-reactive ketones (excluding diaryl/α,β-unsaturated/α-hetero) is 1. The van der Waals surface area contributed by atoms with Gasteiger partial charge in [-0.05, 0) is 42.0 Å². The molecule has 1 aliphatic heterocycles. The zero-order valence-electron chi connectivity index (χ0n) is 15.9. The third-order valence-electron chi connectivity index (χ3n) is 4.80. The van der Waals surface area contributed by atoms with Gasteiger partial charge in [0.2, 0.25) is 5.72 Å². The molecule has 2 aromatic carbocycles. The Labute approximate surface area is 180 Å². The van der Waals surface area contributed by atoms with Crippen LogP contribution in [0.5, 0.6) is 5.75 Å². The second kappa shape index (κ2) is 8.60. The van der Waals surface area contributed by atoms with Gasteiger partial charge in [-0.3, -0.25) is 4.79 Å². The van der Waals surface area contributed by atoms with Crippen molar-refractivity contribution in [1.82, 2.24) is 10.6 Å². The Morgan fingerprint density at radius 3 is 2.55 bits per heavy atom. The van der Waals surface area contributed by atoms with Crippen LogP contribution in [0, 0.1) is 5.92 Å². The molecule has 10 heteroatoms. The molecule has 0 spiro atoms. The molecular formula is C21H18ClF3N2O4. The topological polar surface area (TPSA) is 87.7 Å². The van der Waals surface area contributed by atoms with Crippen LogP contribution in [0.25, 0.3) is 0 Å². The third kappa shape index (κ3) is 4.52. The number of ketones is 1. The highest BCUT2D eigenvalue weighted by Gasteiger charge is 2.66. The maximum absolute atomic E-state index is 13.9. The zero-order valence-corrected chi connectivity index (χ0v) is 16.7. The molecule has 3 rings (SSSR count). The van der Waals surface area contributed by atoms with Gasteiger partial charge in [0, 0.05) is 10.6 Å². The van der Waals surface area contributed by atoms with E-state index in [2.05, 4.69) is 11.9 Å². The number of carbonyl (C=O) groups excluding carboxylic acids is 2.